The summed E-state index contributed by atoms with van der Waals surface area (Å²) in [6, 6.07) is 17.9. The van der Waals surface area contributed by atoms with E-state index in [2.05, 4.69) is 15.0 Å². The van der Waals surface area contributed by atoms with Gasteiger partial charge >= 0.3 is 0 Å². The molecule has 33 heavy (non-hydrogen) atoms. The average Bonchev–Trinajstić information content (AvgIpc) is 2.83. The molecule has 5 rings (SSSR count). The molecule has 3 heterocycles. The normalized spacial score (nSPS) is 14.6. The predicted octanol–water partition coefficient (Wildman–Crippen LogP) is 4.13. The van der Waals surface area contributed by atoms with Gasteiger partial charge in [0.15, 0.2) is 0 Å². The van der Waals surface area contributed by atoms with Gasteiger partial charge in [0.2, 0.25) is 5.95 Å². The summed E-state index contributed by atoms with van der Waals surface area (Å²) in [5.74, 6) is -0.602. The number of pyridine rings is 1. The van der Waals surface area contributed by atoms with Gasteiger partial charge in [-0.15, -0.1) is 0 Å². The van der Waals surface area contributed by atoms with Crippen LogP contribution >= 0.6 is 11.6 Å². The molecule has 6 nitrogen and oxygen atoms in total. The molecule has 0 saturated carbocycles. The Labute approximate surface area is 195 Å². The summed E-state index contributed by atoms with van der Waals surface area (Å²) in [5.41, 5.74) is 1.94. The molecule has 0 spiro atoms. The molecule has 0 amide bonds. The highest BCUT2D eigenvalue weighted by Gasteiger charge is 2.18. The number of hydrogen-bond donors (Lipinski definition) is 0. The fourth-order valence-corrected chi connectivity index (χ4v) is 4.15. The minimum Gasteiger partial charge on any atom is -0.379 e. The Balaban J connectivity index is 1.55. The lowest BCUT2D eigenvalue weighted by atomic mass is 10.1. The third-order valence-electron chi connectivity index (χ3n) is 5.76. The number of aromatic nitrogens is 3. The number of benzene rings is 2. The van der Waals surface area contributed by atoms with Crippen molar-refractivity contribution in [3.05, 3.63) is 93.2 Å². The zero-order chi connectivity index (χ0) is 22.8. The van der Waals surface area contributed by atoms with E-state index < -0.39 is 5.95 Å². The zero-order valence-corrected chi connectivity index (χ0v) is 18.6. The fourth-order valence-electron chi connectivity index (χ4n) is 4.03. The minimum atomic E-state index is -0.602. The Bertz CT molecular complexity index is 1350. The van der Waals surface area contributed by atoms with E-state index in [0.717, 1.165) is 18.7 Å². The molecule has 168 valence electrons. The molecule has 0 aliphatic carbocycles. The van der Waals surface area contributed by atoms with Gasteiger partial charge < -0.3 is 4.74 Å². The molecule has 0 bridgehead atoms. The van der Waals surface area contributed by atoms with Gasteiger partial charge in [-0.25, -0.2) is 9.67 Å². The number of nitrogens with zero attached hydrogens (tertiary/aromatic N) is 4. The van der Waals surface area contributed by atoms with Crippen LogP contribution in [-0.2, 0) is 17.8 Å². The molecule has 8 heteroatoms. The van der Waals surface area contributed by atoms with Crippen molar-refractivity contribution in [3.63, 3.8) is 0 Å². The van der Waals surface area contributed by atoms with E-state index in [0.29, 0.717) is 46.9 Å². The quantitative estimate of drug-likeness (QED) is 0.416. The second-order valence-corrected chi connectivity index (χ2v) is 8.45. The molecule has 1 saturated heterocycles. The van der Waals surface area contributed by atoms with Crippen LogP contribution in [0.4, 0.5) is 4.39 Å². The number of fused-ring (bicyclic) bond motifs is 1. The Morgan fingerprint density at radius 3 is 2.39 bits per heavy atom. The van der Waals surface area contributed by atoms with Crippen molar-refractivity contribution in [2.45, 2.75) is 13.1 Å². The van der Waals surface area contributed by atoms with Gasteiger partial charge in [-0.2, -0.15) is 9.49 Å². The van der Waals surface area contributed by atoms with E-state index in [1.165, 1.54) is 4.68 Å². The topological polar surface area (TPSA) is 60.3 Å². The van der Waals surface area contributed by atoms with Crippen LogP contribution in [0.2, 0.25) is 5.02 Å². The molecule has 0 N–H and O–H groups in total. The molecule has 0 atom stereocenters. The Morgan fingerprint density at radius 2 is 1.67 bits per heavy atom. The van der Waals surface area contributed by atoms with Gasteiger partial charge in [-0.3, -0.25) is 9.69 Å². The van der Waals surface area contributed by atoms with Gasteiger partial charge in [0, 0.05) is 30.0 Å². The molecular weight excluding hydrogens is 443 g/mol. The number of morpholine rings is 1. The zero-order valence-electron chi connectivity index (χ0n) is 17.9. The summed E-state index contributed by atoms with van der Waals surface area (Å²) in [5, 5.41) is 6.25. The first kappa shape index (κ1) is 21.7. The van der Waals surface area contributed by atoms with Crippen molar-refractivity contribution in [1.29, 1.82) is 0 Å². The number of hydrogen-bond acceptors (Lipinski definition) is 5. The van der Waals surface area contributed by atoms with Crippen LogP contribution in [0.3, 0.4) is 0 Å². The van der Waals surface area contributed by atoms with Gasteiger partial charge in [-0.05, 0) is 35.9 Å². The van der Waals surface area contributed by atoms with E-state index in [-0.39, 0.29) is 17.7 Å². The maximum absolute atomic E-state index is 15.2. The van der Waals surface area contributed by atoms with Crippen molar-refractivity contribution in [1.82, 2.24) is 19.7 Å². The van der Waals surface area contributed by atoms with E-state index in [1.54, 1.807) is 36.4 Å². The van der Waals surface area contributed by atoms with Crippen LogP contribution in [0.15, 0.2) is 65.5 Å². The van der Waals surface area contributed by atoms with Crippen molar-refractivity contribution >= 4 is 22.4 Å². The number of rotatable bonds is 5. The molecule has 4 aromatic rings. The molecule has 1 aliphatic heterocycles. The van der Waals surface area contributed by atoms with E-state index in [9.17, 15) is 4.79 Å². The highest BCUT2D eigenvalue weighted by Crippen LogP contribution is 2.27. The average molecular weight is 465 g/mol. The molecule has 1 aliphatic rings. The monoisotopic (exact) mass is 464 g/mol. The van der Waals surface area contributed by atoms with Gasteiger partial charge in [-0.1, -0.05) is 41.9 Å². The van der Waals surface area contributed by atoms with Crippen LogP contribution in [0, 0.1) is 5.95 Å². The van der Waals surface area contributed by atoms with Gasteiger partial charge in [0.1, 0.15) is 5.69 Å². The Hall–Kier alpha value is -3.13. The molecular formula is C25H22ClFN4O2. The summed E-state index contributed by atoms with van der Waals surface area (Å²) in [4.78, 5) is 19.5. The number of halogens is 2. The van der Waals surface area contributed by atoms with Gasteiger partial charge in [0.25, 0.3) is 5.56 Å². The first-order chi connectivity index (χ1) is 16.1. The van der Waals surface area contributed by atoms with E-state index in [4.69, 9.17) is 16.3 Å². The molecule has 0 unspecified atom stereocenters. The van der Waals surface area contributed by atoms with E-state index >= 15 is 4.39 Å². The SMILES string of the molecule is O=c1c2ccccc2c(-c2ccc(CN3CCOCC3)nc2F)nn1Cc1ccc(Cl)cc1. The lowest BCUT2D eigenvalue weighted by Crippen LogP contribution is -2.35. The summed E-state index contributed by atoms with van der Waals surface area (Å²) >= 11 is 5.98. The third-order valence-corrected chi connectivity index (χ3v) is 6.02. The first-order valence-corrected chi connectivity index (χ1v) is 11.2. The predicted molar refractivity (Wildman–Crippen MR) is 126 cm³/mol. The molecule has 1 fully saturated rings. The first-order valence-electron chi connectivity index (χ1n) is 10.8. The molecule has 2 aromatic heterocycles. The maximum Gasteiger partial charge on any atom is 0.274 e. The van der Waals surface area contributed by atoms with Crippen molar-refractivity contribution < 1.29 is 9.13 Å². The van der Waals surface area contributed by atoms with Crippen LogP contribution < -0.4 is 5.56 Å². The molecule has 0 radical (unpaired) electrons. The summed E-state index contributed by atoms with van der Waals surface area (Å²) in [6.45, 7) is 3.75. The maximum atomic E-state index is 15.2. The largest absolute Gasteiger partial charge is 0.379 e. The lowest BCUT2D eigenvalue weighted by Gasteiger charge is -2.26. The highest BCUT2D eigenvalue weighted by atomic mass is 35.5. The van der Waals surface area contributed by atoms with E-state index in [1.807, 2.05) is 24.3 Å². The highest BCUT2D eigenvalue weighted by molar-refractivity contribution is 6.30. The molecule has 2 aromatic carbocycles. The van der Waals surface area contributed by atoms with Gasteiger partial charge in [0.05, 0.1) is 36.4 Å². The Morgan fingerprint density at radius 1 is 0.939 bits per heavy atom. The second kappa shape index (κ2) is 9.39. The van der Waals surface area contributed by atoms with Crippen LogP contribution in [0.25, 0.3) is 22.0 Å². The summed E-state index contributed by atoms with van der Waals surface area (Å²) < 4.78 is 22.0. The second-order valence-electron chi connectivity index (χ2n) is 8.01. The lowest BCUT2D eigenvalue weighted by molar-refractivity contribution is 0.0335. The third kappa shape index (κ3) is 4.66. The standard InChI is InChI=1S/C25H22ClFN4O2/c26-18-7-5-17(6-8-18)15-31-25(32)21-4-2-1-3-20(21)23(29-31)22-10-9-19(28-24(22)27)16-30-11-13-33-14-12-30/h1-10H,11-16H2. The van der Waals surface area contributed by atoms with Crippen LogP contribution in [-0.4, -0.2) is 46.0 Å². The van der Waals surface area contributed by atoms with Crippen molar-refractivity contribution in [3.8, 4) is 11.3 Å². The Kier molecular flexibility index (Phi) is 6.17. The fraction of sp³-hybridized carbons (Fsp3) is 0.240. The van der Waals surface area contributed by atoms with Crippen LogP contribution in [0.5, 0.6) is 0 Å². The van der Waals surface area contributed by atoms with Crippen molar-refractivity contribution in [2.75, 3.05) is 26.3 Å². The minimum absolute atomic E-state index is 0.235. The van der Waals surface area contributed by atoms with Crippen LogP contribution in [0.1, 0.15) is 11.3 Å². The summed E-state index contributed by atoms with van der Waals surface area (Å²) in [7, 11) is 0. The summed E-state index contributed by atoms with van der Waals surface area (Å²) in [6.07, 6.45) is 0. The van der Waals surface area contributed by atoms with Crippen molar-refractivity contribution in [2.24, 2.45) is 0 Å². The number of ether oxygens (including phenoxy) is 1. The smallest absolute Gasteiger partial charge is 0.274 e.